The van der Waals surface area contributed by atoms with Crippen LogP contribution >= 0.6 is 0 Å². The van der Waals surface area contributed by atoms with Crippen molar-refractivity contribution in [2.45, 2.75) is 25.4 Å². The van der Waals surface area contributed by atoms with Gasteiger partial charge in [0.15, 0.2) is 0 Å². The first kappa shape index (κ1) is 12.7. The van der Waals surface area contributed by atoms with E-state index in [2.05, 4.69) is 64.1 Å². The van der Waals surface area contributed by atoms with E-state index in [0.717, 1.165) is 19.6 Å². The van der Waals surface area contributed by atoms with E-state index in [9.17, 15) is 0 Å². The minimum Gasteiger partial charge on any atom is -0.362 e. The average Bonchev–Trinajstić information content (AvgIpc) is 2.72. The monoisotopic (exact) mass is 279 g/mol. The summed E-state index contributed by atoms with van der Waals surface area (Å²) in [6.07, 6.45) is 2.44. The number of benzene rings is 2. The normalized spacial score (nSPS) is 18.4. The van der Waals surface area contributed by atoms with E-state index in [0.29, 0.717) is 6.04 Å². The molecule has 0 bridgehead atoms. The van der Waals surface area contributed by atoms with Crippen molar-refractivity contribution in [3.05, 3.63) is 54.1 Å². The highest BCUT2D eigenvalue weighted by atomic mass is 15.2. The van der Waals surface area contributed by atoms with Crippen LogP contribution in [-0.4, -0.2) is 19.1 Å². The van der Waals surface area contributed by atoms with Crippen molar-refractivity contribution in [1.82, 2.24) is 5.32 Å². The lowest BCUT2D eigenvalue weighted by atomic mass is 10.0. The highest BCUT2D eigenvalue weighted by Crippen LogP contribution is 2.37. The standard InChI is InChI=1S/C18H21N3/c1-2-6-16-14(5-1)13-21(15-9-11-19-12-10-15)18-8-4-3-7-17(18)20-16/h1-8,15,19-20H,9-13H2. The van der Waals surface area contributed by atoms with E-state index < -0.39 is 0 Å². The Kier molecular flexibility index (Phi) is 3.28. The van der Waals surface area contributed by atoms with Crippen LogP contribution < -0.4 is 15.5 Å². The van der Waals surface area contributed by atoms with Crippen LogP contribution in [0.25, 0.3) is 0 Å². The van der Waals surface area contributed by atoms with Gasteiger partial charge in [0.2, 0.25) is 0 Å². The molecule has 108 valence electrons. The molecule has 21 heavy (non-hydrogen) atoms. The Bertz CT molecular complexity index is 632. The summed E-state index contributed by atoms with van der Waals surface area (Å²) in [5.41, 5.74) is 5.18. The Morgan fingerprint density at radius 1 is 0.857 bits per heavy atom. The average molecular weight is 279 g/mol. The summed E-state index contributed by atoms with van der Waals surface area (Å²) < 4.78 is 0. The predicted octanol–water partition coefficient (Wildman–Crippen LogP) is 3.50. The molecule has 2 aliphatic rings. The van der Waals surface area contributed by atoms with Crippen molar-refractivity contribution in [2.24, 2.45) is 0 Å². The van der Waals surface area contributed by atoms with Gasteiger partial charge in [-0.2, -0.15) is 0 Å². The van der Waals surface area contributed by atoms with Gasteiger partial charge in [0.25, 0.3) is 0 Å². The van der Waals surface area contributed by atoms with Gasteiger partial charge in [-0.3, -0.25) is 0 Å². The number of hydrogen-bond acceptors (Lipinski definition) is 3. The third kappa shape index (κ3) is 2.38. The molecule has 0 radical (unpaired) electrons. The molecular formula is C18H21N3. The van der Waals surface area contributed by atoms with E-state index in [1.54, 1.807) is 0 Å². The van der Waals surface area contributed by atoms with E-state index in [-0.39, 0.29) is 0 Å². The maximum atomic E-state index is 3.61. The molecule has 2 N–H and O–H groups in total. The van der Waals surface area contributed by atoms with E-state index in [1.807, 2.05) is 0 Å². The lowest BCUT2D eigenvalue weighted by Gasteiger charge is -2.36. The largest absolute Gasteiger partial charge is 0.362 e. The van der Waals surface area contributed by atoms with Crippen LogP contribution in [0.2, 0.25) is 0 Å². The van der Waals surface area contributed by atoms with Crippen LogP contribution in [0.5, 0.6) is 0 Å². The first-order chi connectivity index (χ1) is 10.4. The van der Waals surface area contributed by atoms with Crippen molar-refractivity contribution < 1.29 is 0 Å². The maximum absolute atomic E-state index is 3.61. The molecule has 0 aliphatic carbocycles. The quantitative estimate of drug-likeness (QED) is 0.836. The Hall–Kier alpha value is -2.00. The number of piperidine rings is 1. The third-order valence-corrected chi connectivity index (χ3v) is 4.59. The fraction of sp³-hybridized carbons (Fsp3) is 0.333. The summed E-state index contributed by atoms with van der Waals surface area (Å²) in [6, 6.07) is 18.0. The summed E-state index contributed by atoms with van der Waals surface area (Å²) in [7, 11) is 0. The zero-order chi connectivity index (χ0) is 14.1. The Morgan fingerprint density at radius 3 is 2.43 bits per heavy atom. The second-order valence-electron chi connectivity index (χ2n) is 5.91. The van der Waals surface area contributed by atoms with Crippen molar-refractivity contribution in [3.8, 4) is 0 Å². The molecule has 0 saturated carbocycles. The van der Waals surface area contributed by atoms with Gasteiger partial charge in [-0.15, -0.1) is 0 Å². The summed E-state index contributed by atoms with van der Waals surface area (Å²) in [6.45, 7) is 3.24. The van der Waals surface area contributed by atoms with Crippen molar-refractivity contribution >= 4 is 17.1 Å². The van der Waals surface area contributed by atoms with Crippen LogP contribution in [0.3, 0.4) is 0 Å². The number of rotatable bonds is 1. The molecule has 2 aromatic rings. The molecule has 3 nitrogen and oxygen atoms in total. The summed E-state index contributed by atoms with van der Waals surface area (Å²) in [4.78, 5) is 2.59. The molecule has 0 unspecified atom stereocenters. The number of para-hydroxylation sites is 3. The Labute approximate surface area is 126 Å². The fourth-order valence-electron chi connectivity index (χ4n) is 3.47. The Balaban J connectivity index is 1.78. The summed E-state index contributed by atoms with van der Waals surface area (Å²) in [5, 5.41) is 7.09. The Morgan fingerprint density at radius 2 is 1.57 bits per heavy atom. The van der Waals surface area contributed by atoms with Gasteiger partial charge in [0.1, 0.15) is 0 Å². The molecule has 4 rings (SSSR count). The van der Waals surface area contributed by atoms with Crippen LogP contribution in [0, 0.1) is 0 Å². The van der Waals surface area contributed by atoms with Crippen molar-refractivity contribution in [2.75, 3.05) is 23.3 Å². The SMILES string of the molecule is c1ccc2c(c1)CN(C1CCNCC1)c1ccccc1N2. The zero-order valence-electron chi connectivity index (χ0n) is 12.2. The lowest BCUT2D eigenvalue weighted by Crippen LogP contribution is -2.42. The zero-order valence-corrected chi connectivity index (χ0v) is 12.2. The summed E-state index contributed by atoms with van der Waals surface area (Å²) in [5.74, 6) is 0. The van der Waals surface area contributed by atoms with Gasteiger partial charge in [-0.25, -0.2) is 0 Å². The second kappa shape index (κ2) is 5.41. The van der Waals surface area contributed by atoms with Gasteiger partial charge in [-0.05, 0) is 49.7 Å². The van der Waals surface area contributed by atoms with Crippen molar-refractivity contribution in [1.29, 1.82) is 0 Å². The smallest absolute Gasteiger partial charge is 0.0622 e. The molecule has 1 saturated heterocycles. The summed E-state index contributed by atoms with van der Waals surface area (Å²) >= 11 is 0. The number of fused-ring (bicyclic) bond motifs is 2. The number of hydrogen-bond donors (Lipinski definition) is 2. The third-order valence-electron chi connectivity index (χ3n) is 4.59. The number of nitrogens with one attached hydrogen (secondary N) is 2. The maximum Gasteiger partial charge on any atom is 0.0622 e. The molecule has 0 atom stereocenters. The number of anilines is 3. The molecule has 2 aromatic carbocycles. The van der Waals surface area contributed by atoms with Gasteiger partial charge in [0.05, 0.1) is 11.4 Å². The molecule has 0 amide bonds. The van der Waals surface area contributed by atoms with Crippen LogP contribution in [0.1, 0.15) is 18.4 Å². The van der Waals surface area contributed by atoms with Crippen LogP contribution in [0.15, 0.2) is 48.5 Å². The molecule has 0 spiro atoms. The molecule has 0 aromatic heterocycles. The highest BCUT2D eigenvalue weighted by Gasteiger charge is 2.26. The van der Waals surface area contributed by atoms with Crippen LogP contribution in [0.4, 0.5) is 17.1 Å². The molecule has 1 fully saturated rings. The van der Waals surface area contributed by atoms with Gasteiger partial charge in [0, 0.05) is 18.3 Å². The van der Waals surface area contributed by atoms with Gasteiger partial charge >= 0.3 is 0 Å². The minimum atomic E-state index is 0.625. The highest BCUT2D eigenvalue weighted by molar-refractivity contribution is 5.79. The van der Waals surface area contributed by atoms with Gasteiger partial charge in [-0.1, -0.05) is 30.3 Å². The predicted molar refractivity (Wildman–Crippen MR) is 88.2 cm³/mol. The fourth-order valence-corrected chi connectivity index (χ4v) is 3.47. The van der Waals surface area contributed by atoms with E-state index in [4.69, 9.17) is 0 Å². The minimum absolute atomic E-state index is 0.625. The second-order valence-corrected chi connectivity index (χ2v) is 5.91. The van der Waals surface area contributed by atoms with Crippen LogP contribution in [-0.2, 0) is 6.54 Å². The first-order valence-electron chi connectivity index (χ1n) is 7.83. The number of nitrogens with zero attached hydrogens (tertiary/aromatic N) is 1. The van der Waals surface area contributed by atoms with Gasteiger partial charge < -0.3 is 15.5 Å². The molecule has 2 heterocycles. The van der Waals surface area contributed by atoms with Crippen molar-refractivity contribution in [3.63, 3.8) is 0 Å². The van der Waals surface area contributed by atoms with E-state index >= 15 is 0 Å². The van der Waals surface area contributed by atoms with E-state index in [1.165, 1.54) is 35.5 Å². The molecular weight excluding hydrogens is 258 g/mol. The topological polar surface area (TPSA) is 27.3 Å². The first-order valence-corrected chi connectivity index (χ1v) is 7.83. The lowest BCUT2D eigenvalue weighted by molar-refractivity contribution is 0.429. The molecule has 2 aliphatic heterocycles. The molecule has 3 heteroatoms.